The van der Waals surface area contributed by atoms with E-state index >= 15 is 0 Å². The molecule has 3 rings (SSSR count). The highest BCUT2D eigenvalue weighted by Crippen LogP contribution is 2.25. The van der Waals surface area contributed by atoms with Gasteiger partial charge in [-0.1, -0.05) is 39.8 Å². The second-order valence-corrected chi connectivity index (χ2v) is 10.0. The Balaban J connectivity index is 1.67. The molecule has 2 aromatic carbocycles. The van der Waals surface area contributed by atoms with E-state index in [-0.39, 0.29) is 10.3 Å². The molecule has 6 heteroatoms. The molecule has 0 unspecified atom stereocenters. The van der Waals surface area contributed by atoms with Crippen LogP contribution in [0.2, 0.25) is 0 Å². The maximum Gasteiger partial charge on any atom is 0.261 e. The molecule has 5 nitrogen and oxygen atoms in total. The van der Waals surface area contributed by atoms with E-state index in [4.69, 9.17) is 0 Å². The summed E-state index contributed by atoms with van der Waals surface area (Å²) in [4.78, 5) is 5.06. The number of rotatable bonds is 5. The van der Waals surface area contributed by atoms with Gasteiger partial charge in [-0.25, -0.2) is 8.42 Å². The van der Waals surface area contributed by atoms with E-state index in [1.807, 2.05) is 36.4 Å². The Morgan fingerprint density at radius 2 is 1.46 bits per heavy atom. The van der Waals surface area contributed by atoms with E-state index in [2.05, 4.69) is 42.2 Å². The molecule has 0 amide bonds. The highest BCUT2D eigenvalue weighted by atomic mass is 32.2. The van der Waals surface area contributed by atoms with Gasteiger partial charge in [-0.15, -0.1) is 0 Å². The van der Waals surface area contributed by atoms with Gasteiger partial charge in [-0.05, 0) is 53.9 Å². The SMILES string of the molecule is CCN1CCN(c2ccc(NS(=O)(=O)c3ccc(C(C)(C)C)cc3)cc2)CC1. The zero-order valence-corrected chi connectivity index (χ0v) is 18.1. The van der Waals surface area contributed by atoms with Crippen LogP contribution in [0.15, 0.2) is 53.4 Å². The molecule has 0 bridgehead atoms. The van der Waals surface area contributed by atoms with E-state index < -0.39 is 10.0 Å². The fraction of sp³-hybridized carbons (Fsp3) is 0.455. The molecule has 0 saturated carbocycles. The van der Waals surface area contributed by atoms with Crippen molar-refractivity contribution in [2.45, 2.75) is 38.0 Å². The number of nitrogens with one attached hydrogen (secondary N) is 1. The summed E-state index contributed by atoms with van der Waals surface area (Å²) in [6.07, 6.45) is 0. The molecule has 0 radical (unpaired) electrons. The standard InChI is InChI=1S/C22H31N3O2S/c1-5-24-14-16-25(17-15-24)20-10-8-19(9-11-20)23-28(26,27)21-12-6-18(7-13-21)22(2,3)4/h6-13,23H,5,14-17H2,1-4H3. The van der Waals surface area contributed by atoms with Crippen LogP contribution in [-0.2, 0) is 15.4 Å². The average molecular weight is 402 g/mol. The van der Waals surface area contributed by atoms with Gasteiger partial charge in [-0.3, -0.25) is 4.72 Å². The summed E-state index contributed by atoms with van der Waals surface area (Å²) in [5.41, 5.74) is 2.82. The number of likely N-dealkylation sites (N-methyl/N-ethyl adjacent to an activating group) is 1. The predicted molar refractivity (Wildman–Crippen MR) is 117 cm³/mol. The summed E-state index contributed by atoms with van der Waals surface area (Å²) in [6, 6.07) is 14.8. The van der Waals surface area contributed by atoms with E-state index in [9.17, 15) is 8.42 Å². The Kier molecular flexibility index (Phi) is 6.01. The monoisotopic (exact) mass is 401 g/mol. The van der Waals surface area contributed by atoms with Crippen LogP contribution >= 0.6 is 0 Å². The second kappa shape index (κ2) is 8.13. The highest BCUT2D eigenvalue weighted by Gasteiger charge is 2.19. The molecule has 2 aromatic rings. The van der Waals surface area contributed by atoms with Crippen molar-refractivity contribution >= 4 is 21.4 Å². The van der Waals surface area contributed by atoms with Gasteiger partial charge in [0.2, 0.25) is 0 Å². The van der Waals surface area contributed by atoms with E-state index in [0.29, 0.717) is 5.69 Å². The van der Waals surface area contributed by atoms with Gasteiger partial charge in [0, 0.05) is 37.6 Å². The Labute approximate surface area is 169 Å². The third-order valence-corrected chi connectivity index (χ3v) is 6.73. The Morgan fingerprint density at radius 1 is 0.893 bits per heavy atom. The number of hydrogen-bond acceptors (Lipinski definition) is 4. The number of hydrogen-bond donors (Lipinski definition) is 1. The molecule has 0 atom stereocenters. The summed E-state index contributed by atoms with van der Waals surface area (Å²) in [5.74, 6) is 0. The van der Waals surface area contributed by atoms with Gasteiger partial charge < -0.3 is 9.80 Å². The number of anilines is 2. The molecule has 0 aromatic heterocycles. The van der Waals surface area contributed by atoms with Crippen molar-refractivity contribution in [3.63, 3.8) is 0 Å². The minimum Gasteiger partial charge on any atom is -0.369 e. The van der Waals surface area contributed by atoms with Crippen molar-refractivity contribution < 1.29 is 8.42 Å². The van der Waals surface area contributed by atoms with E-state index in [0.717, 1.165) is 44.0 Å². The van der Waals surface area contributed by atoms with Gasteiger partial charge in [-0.2, -0.15) is 0 Å². The summed E-state index contributed by atoms with van der Waals surface area (Å²) < 4.78 is 28.1. The van der Waals surface area contributed by atoms with Gasteiger partial charge >= 0.3 is 0 Å². The lowest BCUT2D eigenvalue weighted by atomic mass is 9.87. The first-order valence-corrected chi connectivity index (χ1v) is 11.4. The lowest BCUT2D eigenvalue weighted by Crippen LogP contribution is -2.46. The van der Waals surface area contributed by atoms with Crippen molar-refractivity contribution in [2.75, 3.05) is 42.3 Å². The Morgan fingerprint density at radius 3 is 1.96 bits per heavy atom. The van der Waals surface area contributed by atoms with Crippen molar-refractivity contribution in [2.24, 2.45) is 0 Å². The van der Waals surface area contributed by atoms with Gasteiger partial charge in [0.05, 0.1) is 4.90 Å². The Bertz CT molecular complexity index is 877. The number of sulfonamides is 1. The molecule has 1 aliphatic rings. The zero-order chi connectivity index (χ0) is 20.4. The lowest BCUT2D eigenvalue weighted by Gasteiger charge is -2.35. The highest BCUT2D eigenvalue weighted by molar-refractivity contribution is 7.92. The van der Waals surface area contributed by atoms with Crippen molar-refractivity contribution in [1.29, 1.82) is 0 Å². The minimum absolute atomic E-state index is 0.00579. The molecule has 1 N–H and O–H groups in total. The predicted octanol–water partition coefficient (Wildman–Crippen LogP) is 3.93. The molecular weight excluding hydrogens is 370 g/mol. The summed E-state index contributed by atoms with van der Waals surface area (Å²) in [6.45, 7) is 13.7. The van der Waals surface area contributed by atoms with Crippen LogP contribution < -0.4 is 9.62 Å². The van der Waals surface area contributed by atoms with Crippen LogP contribution in [0.1, 0.15) is 33.3 Å². The summed E-state index contributed by atoms with van der Waals surface area (Å²) in [7, 11) is -3.59. The normalized spacial score (nSPS) is 16.2. The van der Waals surface area contributed by atoms with Crippen molar-refractivity contribution in [1.82, 2.24) is 4.90 Å². The van der Waals surface area contributed by atoms with Gasteiger partial charge in [0.1, 0.15) is 0 Å². The maximum atomic E-state index is 12.7. The molecule has 0 spiro atoms. The number of nitrogens with zero attached hydrogens (tertiary/aromatic N) is 2. The van der Waals surface area contributed by atoms with Crippen molar-refractivity contribution in [3.05, 3.63) is 54.1 Å². The smallest absolute Gasteiger partial charge is 0.261 e. The third kappa shape index (κ3) is 4.86. The Hall–Kier alpha value is -2.05. The molecular formula is C22H31N3O2S. The van der Waals surface area contributed by atoms with Crippen LogP contribution in [0, 0.1) is 0 Å². The summed E-state index contributed by atoms with van der Waals surface area (Å²) >= 11 is 0. The topological polar surface area (TPSA) is 52.6 Å². The molecule has 152 valence electrons. The molecule has 1 aliphatic heterocycles. The van der Waals surface area contributed by atoms with Gasteiger partial charge in [0.15, 0.2) is 0 Å². The molecule has 28 heavy (non-hydrogen) atoms. The maximum absolute atomic E-state index is 12.7. The zero-order valence-electron chi connectivity index (χ0n) is 17.3. The van der Waals surface area contributed by atoms with E-state index in [1.54, 1.807) is 12.1 Å². The number of benzene rings is 2. The second-order valence-electron chi connectivity index (χ2n) is 8.35. The van der Waals surface area contributed by atoms with Crippen LogP contribution in [0.3, 0.4) is 0 Å². The number of piperazine rings is 1. The first-order valence-electron chi connectivity index (χ1n) is 9.90. The van der Waals surface area contributed by atoms with Crippen molar-refractivity contribution in [3.8, 4) is 0 Å². The fourth-order valence-electron chi connectivity index (χ4n) is 3.41. The van der Waals surface area contributed by atoms with Crippen LogP contribution in [0.25, 0.3) is 0 Å². The molecule has 1 saturated heterocycles. The fourth-order valence-corrected chi connectivity index (χ4v) is 4.47. The van der Waals surface area contributed by atoms with E-state index in [1.165, 1.54) is 0 Å². The first kappa shape index (κ1) is 20.7. The molecule has 0 aliphatic carbocycles. The first-order chi connectivity index (χ1) is 13.2. The van der Waals surface area contributed by atoms with Crippen LogP contribution in [0.4, 0.5) is 11.4 Å². The van der Waals surface area contributed by atoms with Crippen LogP contribution in [-0.4, -0.2) is 46.0 Å². The molecule has 1 fully saturated rings. The average Bonchev–Trinajstić information content (AvgIpc) is 2.68. The third-order valence-electron chi connectivity index (χ3n) is 5.33. The largest absolute Gasteiger partial charge is 0.369 e. The quantitative estimate of drug-likeness (QED) is 0.825. The summed E-state index contributed by atoms with van der Waals surface area (Å²) in [5, 5.41) is 0. The minimum atomic E-state index is -3.59. The lowest BCUT2D eigenvalue weighted by molar-refractivity contribution is 0.271. The van der Waals surface area contributed by atoms with Gasteiger partial charge in [0.25, 0.3) is 10.0 Å². The molecule has 1 heterocycles. The van der Waals surface area contributed by atoms with Crippen LogP contribution in [0.5, 0.6) is 0 Å².